The second kappa shape index (κ2) is 10.2. The zero-order valence-corrected chi connectivity index (χ0v) is 22.7. The maximum absolute atomic E-state index is 13.0. The number of halogens is 3. The molecule has 1 aromatic rings. The lowest BCUT2D eigenvalue weighted by molar-refractivity contribution is -0.210. The smallest absolute Gasteiger partial charge is 0.490 e. The monoisotopic (exact) mass is 599 g/mol. The van der Waals surface area contributed by atoms with E-state index in [9.17, 15) is 37.5 Å². The third-order valence-corrected chi connectivity index (χ3v) is 8.50. The van der Waals surface area contributed by atoms with Crippen molar-refractivity contribution in [3.05, 3.63) is 35.1 Å². The molecular weight excluding hydrogens is 571 g/mol. The molecule has 2 heterocycles. The van der Waals surface area contributed by atoms with Gasteiger partial charge in [0, 0.05) is 18.0 Å². The van der Waals surface area contributed by atoms with Gasteiger partial charge in [0.25, 0.3) is 0 Å². The summed E-state index contributed by atoms with van der Waals surface area (Å²) in [7, 11) is 3.40. The van der Waals surface area contributed by atoms with E-state index in [0.29, 0.717) is 30.9 Å². The lowest BCUT2D eigenvalue weighted by Gasteiger charge is -2.61. The zero-order valence-electron chi connectivity index (χ0n) is 22.7. The van der Waals surface area contributed by atoms with E-state index in [1.54, 1.807) is 6.07 Å². The molecule has 0 radical (unpaired) electrons. The minimum absolute atomic E-state index is 0.0348. The van der Waals surface area contributed by atoms with Crippen molar-refractivity contribution in [3.63, 3.8) is 0 Å². The van der Waals surface area contributed by atoms with Crippen LogP contribution in [0.4, 0.5) is 13.2 Å². The quantitative estimate of drug-likeness (QED) is 0.327. The van der Waals surface area contributed by atoms with Gasteiger partial charge in [-0.15, -0.1) is 0 Å². The summed E-state index contributed by atoms with van der Waals surface area (Å²) in [5.74, 6) is -6.49. The van der Waals surface area contributed by atoms with E-state index in [0.717, 1.165) is 18.1 Å². The summed E-state index contributed by atoms with van der Waals surface area (Å²) in [5.41, 5.74) is -0.537. The zero-order chi connectivity index (χ0) is 30.8. The maximum Gasteiger partial charge on any atom is 0.490 e. The first-order valence-corrected chi connectivity index (χ1v) is 13.1. The van der Waals surface area contributed by atoms with Crippen molar-refractivity contribution < 1.29 is 66.2 Å². The Balaban J connectivity index is 1.38. The molecule has 0 aromatic heterocycles. The lowest BCUT2D eigenvalue weighted by atomic mass is 9.50. The van der Waals surface area contributed by atoms with Crippen LogP contribution in [0.15, 0.2) is 24.0 Å². The average Bonchev–Trinajstić information content (AvgIpc) is 3.26. The number of carboxylic acid groups (broad SMARTS) is 1. The van der Waals surface area contributed by atoms with Gasteiger partial charge in [0.2, 0.25) is 6.10 Å². The Morgan fingerprint density at radius 3 is 2.55 bits per heavy atom. The number of alkyl halides is 3. The van der Waals surface area contributed by atoms with Crippen molar-refractivity contribution in [2.24, 2.45) is 0 Å². The Kier molecular flexibility index (Phi) is 7.16. The number of aliphatic hydroxyl groups is 1. The predicted octanol–water partition coefficient (Wildman–Crippen LogP) is 1.40. The van der Waals surface area contributed by atoms with Gasteiger partial charge in [0.05, 0.1) is 24.5 Å². The van der Waals surface area contributed by atoms with Crippen LogP contribution in [0.1, 0.15) is 37.3 Å². The molecular formula is C27H28F3NO11. The molecule has 15 heteroatoms. The third-order valence-electron chi connectivity index (χ3n) is 8.50. The number of likely N-dealkylation sites (N-methyl/N-ethyl adjacent to an activating group) is 1. The first-order valence-electron chi connectivity index (χ1n) is 13.1. The number of esters is 3. The van der Waals surface area contributed by atoms with Crippen molar-refractivity contribution in [2.75, 3.05) is 20.7 Å². The van der Waals surface area contributed by atoms with E-state index in [2.05, 4.69) is 9.64 Å². The molecule has 1 saturated heterocycles. The van der Waals surface area contributed by atoms with Crippen molar-refractivity contribution in [1.29, 1.82) is 0 Å². The standard InChI is InChI=1S/C27H28F3NO11/c1-12(39-23(35)16(11-18(32)33)41-24(36)27(28,29)30)22(34)40-15-6-7-26(37)17-10-13-4-5-14(38-3)20-19(13)25(26,21(15)42-20)8-9-31(17)2/h4-6,12,16-17,21,37H,7-11H2,1-3H3,(H,32,33)/t12-,16-,17+,21-,25-,26+/m0/s1. The normalized spacial score (nSPS) is 28.8. The molecule has 228 valence electrons. The Morgan fingerprint density at radius 1 is 1.19 bits per heavy atom. The fraction of sp³-hybridized carbons (Fsp3) is 0.556. The Morgan fingerprint density at radius 2 is 1.90 bits per heavy atom. The lowest BCUT2D eigenvalue weighted by Crippen LogP contribution is -2.74. The number of benzene rings is 1. The molecule has 2 N–H and O–H groups in total. The molecule has 42 heavy (non-hydrogen) atoms. The van der Waals surface area contributed by atoms with Gasteiger partial charge in [0.1, 0.15) is 5.76 Å². The summed E-state index contributed by atoms with van der Waals surface area (Å²) < 4.78 is 64.1. The first-order chi connectivity index (χ1) is 19.6. The summed E-state index contributed by atoms with van der Waals surface area (Å²) in [6.07, 6.45) is -9.37. The number of carbonyl (C=O) groups excluding carboxylic acids is 3. The van der Waals surface area contributed by atoms with Gasteiger partial charge < -0.3 is 38.8 Å². The van der Waals surface area contributed by atoms with Gasteiger partial charge in [-0.05, 0) is 51.1 Å². The fourth-order valence-electron chi connectivity index (χ4n) is 6.61. The molecule has 0 amide bonds. The molecule has 4 aliphatic rings. The molecule has 0 saturated carbocycles. The number of piperidine rings is 1. The van der Waals surface area contributed by atoms with Crippen LogP contribution in [0.25, 0.3) is 0 Å². The maximum atomic E-state index is 13.0. The van der Waals surface area contributed by atoms with E-state index < -0.39 is 65.8 Å². The van der Waals surface area contributed by atoms with Gasteiger partial charge in [-0.1, -0.05) is 6.07 Å². The summed E-state index contributed by atoms with van der Waals surface area (Å²) in [6, 6.07) is 3.42. The summed E-state index contributed by atoms with van der Waals surface area (Å²) in [5, 5.41) is 21.1. The van der Waals surface area contributed by atoms with E-state index in [4.69, 9.17) is 24.1 Å². The van der Waals surface area contributed by atoms with E-state index in [1.165, 1.54) is 13.2 Å². The van der Waals surface area contributed by atoms with Crippen LogP contribution < -0.4 is 9.47 Å². The SMILES string of the molecule is COc1ccc2c3c1O[C@H]1C(OC(=O)[C@H](C)OC(=O)[C@H](CC(=O)O)OC(=O)C(F)(F)F)=CC[C@@]4(O)[C@@H](C2)N(C)CC[C@]314. The van der Waals surface area contributed by atoms with Gasteiger partial charge >= 0.3 is 30.1 Å². The number of hydrogen-bond acceptors (Lipinski definition) is 11. The summed E-state index contributed by atoms with van der Waals surface area (Å²) >= 11 is 0. The first kappa shape index (κ1) is 29.6. The molecule has 5 rings (SSSR count). The highest BCUT2D eigenvalue weighted by Crippen LogP contribution is 2.65. The molecule has 1 aromatic carbocycles. The number of likely N-dealkylation sites (tertiary alicyclic amines) is 1. The summed E-state index contributed by atoms with van der Waals surface area (Å²) in [6.45, 7) is 1.67. The van der Waals surface area contributed by atoms with Gasteiger partial charge in [0.15, 0.2) is 23.7 Å². The molecule has 2 bridgehead atoms. The van der Waals surface area contributed by atoms with E-state index in [1.807, 2.05) is 13.1 Å². The molecule has 6 atom stereocenters. The Hall–Kier alpha value is -3.85. The number of carboxylic acids is 1. The van der Waals surface area contributed by atoms with Crippen LogP contribution in [0, 0.1) is 0 Å². The average molecular weight is 600 g/mol. The second-order valence-electron chi connectivity index (χ2n) is 10.8. The number of rotatable bonds is 8. The molecule has 0 unspecified atom stereocenters. The molecule has 2 aliphatic heterocycles. The van der Waals surface area contributed by atoms with Crippen molar-refractivity contribution in [1.82, 2.24) is 4.90 Å². The number of methoxy groups -OCH3 is 1. The largest absolute Gasteiger partial charge is 0.493 e. The highest BCUT2D eigenvalue weighted by molar-refractivity contribution is 5.87. The molecule has 1 fully saturated rings. The van der Waals surface area contributed by atoms with Crippen LogP contribution in [-0.4, -0.2) is 95.8 Å². The number of aliphatic carboxylic acids is 1. The third kappa shape index (κ3) is 4.45. The second-order valence-corrected chi connectivity index (χ2v) is 10.8. The van der Waals surface area contributed by atoms with Crippen LogP contribution in [-0.2, 0) is 45.2 Å². The predicted molar refractivity (Wildman–Crippen MR) is 131 cm³/mol. The number of nitrogens with zero attached hydrogens (tertiary/aromatic N) is 1. The molecule has 1 spiro atoms. The van der Waals surface area contributed by atoms with Gasteiger partial charge in [-0.3, -0.25) is 4.79 Å². The van der Waals surface area contributed by atoms with Crippen molar-refractivity contribution >= 4 is 23.9 Å². The molecule has 12 nitrogen and oxygen atoms in total. The van der Waals surface area contributed by atoms with Crippen LogP contribution in [0.2, 0.25) is 0 Å². The Labute approximate surface area is 236 Å². The Bertz CT molecular complexity index is 1380. The topological polar surface area (TPSA) is 158 Å². The minimum atomic E-state index is -5.50. The van der Waals surface area contributed by atoms with Crippen molar-refractivity contribution in [3.8, 4) is 11.5 Å². The van der Waals surface area contributed by atoms with E-state index >= 15 is 0 Å². The van der Waals surface area contributed by atoms with Gasteiger partial charge in [-0.2, -0.15) is 13.2 Å². The molecule has 2 aliphatic carbocycles. The van der Waals surface area contributed by atoms with Crippen LogP contribution in [0.5, 0.6) is 11.5 Å². The number of ether oxygens (including phenoxy) is 5. The van der Waals surface area contributed by atoms with Crippen LogP contribution >= 0.6 is 0 Å². The number of hydrogen-bond donors (Lipinski definition) is 2. The van der Waals surface area contributed by atoms with E-state index in [-0.39, 0.29) is 18.2 Å². The fourth-order valence-corrected chi connectivity index (χ4v) is 6.61. The van der Waals surface area contributed by atoms with Crippen molar-refractivity contribution in [2.45, 2.75) is 74.2 Å². The summed E-state index contributed by atoms with van der Waals surface area (Å²) in [4.78, 5) is 49.8. The number of carbonyl (C=O) groups is 4. The minimum Gasteiger partial charge on any atom is -0.493 e. The highest BCUT2D eigenvalue weighted by Gasteiger charge is 2.72. The highest BCUT2D eigenvalue weighted by atomic mass is 19.4. The van der Waals surface area contributed by atoms with Gasteiger partial charge in [-0.25, -0.2) is 14.4 Å². The van der Waals surface area contributed by atoms with Crippen LogP contribution in [0.3, 0.4) is 0 Å².